The van der Waals surface area contributed by atoms with Crippen LogP contribution in [0.4, 0.5) is 13.2 Å². The Morgan fingerprint density at radius 2 is 2.00 bits per heavy atom. The smallest absolute Gasteiger partial charge is 0.345 e. The minimum absolute atomic E-state index is 0.0604. The molecule has 1 N–H and O–H groups in total. The summed E-state index contributed by atoms with van der Waals surface area (Å²) in [5.74, 6) is -0.166. The van der Waals surface area contributed by atoms with Gasteiger partial charge in [0.1, 0.15) is 5.56 Å². The molecule has 0 fully saturated rings. The van der Waals surface area contributed by atoms with Crippen molar-refractivity contribution in [3.8, 4) is 0 Å². The molecule has 0 saturated heterocycles. The fourth-order valence-electron chi connectivity index (χ4n) is 2.66. The zero-order valence-electron chi connectivity index (χ0n) is 13.7. The molecule has 132 valence electrons. The molecule has 0 aliphatic heterocycles. The number of aryl methyl sites for hydroxylation is 2. The Hall–Kier alpha value is -2.91. The van der Waals surface area contributed by atoms with Crippen LogP contribution < -0.4 is 5.32 Å². The SMILES string of the molecule is Cc1nn(C)c(C)c1C(=O)NCc1nnc2c(C(F)(F)F)cccn12. The lowest BCUT2D eigenvalue weighted by Gasteiger charge is -2.08. The van der Waals surface area contributed by atoms with Crippen LogP contribution in [0.25, 0.3) is 5.65 Å². The normalized spacial score (nSPS) is 11.9. The molecule has 0 aliphatic rings. The van der Waals surface area contributed by atoms with Gasteiger partial charge in [0, 0.05) is 18.9 Å². The van der Waals surface area contributed by atoms with E-state index >= 15 is 0 Å². The van der Waals surface area contributed by atoms with E-state index in [1.54, 1.807) is 25.6 Å². The van der Waals surface area contributed by atoms with Crippen LogP contribution in [0.1, 0.15) is 33.1 Å². The molecule has 3 heterocycles. The van der Waals surface area contributed by atoms with Crippen LogP contribution in [0.2, 0.25) is 0 Å². The van der Waals surface area contributed by atoms with Crippen molar-refractivity contribution >= 4 is 11.6 Å². The lowest BCUT2D eigenvalue weighted by atomic mass is 10.2. The number of amides is 1. The first-order chi connectivity index (χ1) is 11.7. The molecule has 0 spiro atoms. The molecule has 0 saturated carbocycles. The third-order valence-corrected chi connectivity index (χ3v) is 3.95. The average Bonchev–Trinajstić information content (AvgIpc) is 3.05. The molecule has 0 bridgehead atoms. The van der Waals surface area contributed by atoms with Crippen LogP contribution in [0, 0.1) is 13.8 Å². The second-order valence-corrected chi connectivity index (χ2v) is 5.58. The molecule has 1 amide bonds. The van der Waals surface area contributed by atoms with E-state index in [2.05, 4.69) is 20.6 Å². The second kappa shape index (κ2) is 5.87. The fourth-order valence-corrected chi connectivity index (χ4v) is 2.66. The maximum atomic E-state index is 13.0. The first-order valence-corrected chi connectivity index (χ1v) is 7.38. The highest BCUT2D eigenvalue weighted by molar-refractivity contribution is 5.96. The summed E-state index contributed by atoms with van der Waals surface area (Å²) in [5.41, 5.74) is 0.530. The summed E-state index contributed by atoms with van der Waals surface area (Å²) in [5, 5.41) is 14.2. The van der Waals surface area contributed by atoms with E-state index in [-0.39, 0.29) is 23.9 Å². The Morgan fingerprint density at radius 1 is 1.28 bits per heavy atom. The van der Waals surface area contributed by atoms with Crippen molar-refractivity contribution in [1.29, 1.82) is 0 Å². The van der Waals surface area contributed by atoms with Crippen LogP contribution in [0.5, 0.6) is 0 Å². The maximum Gasteiger partial charge on any atom is 0.420 e. The summed E-state index contributed by atoms with van der Waals surface area (Å²) < 4.78 is 41.8. The Morgan fingerprint density at radius 3 is 2.60 bits per heavy atom. The van der Waals surface area contributed by atoms with Crippen molar-refractivity contribution in [2.45, 2.75) is 26.6 Å². The molecule has 0 atom stereocenters. The number of nitrogens with one attached hydrogen (secondary N) is 1. The number of nitrogens with zero attached hydrogens (tertiary/aromatic N) is 5. The van der Waals surface area contributed by atoms with E-state index < -0.39 is 11.7 Å². The molecule has 3 rings (SSSR count). The van der Waals surface area contributed by atoms with E-state index in [0.29, 0.717) is 17.0 Å². The molecule has 10 heteroatoms. The van der Waals surface area contributed by atoms with Gasteiger partial charge in [0.05, 0.1) is 17.8 Å². The molecule has 3 aromatic heterocycles. The number of fused-ring (bicyclic) bond motifs is 1. The summed E-state index contributed by atoms with van der Waals surface area (Å²) in [7, 11) is 1.73. The minimum atomic E-state index is -4.53. The molecule has 25 heavy (non-hydrogen) atoms. The third-order valence-electron chi connectivity index (χ3n) is 3.95. The predicted octanol–water partition coefficient (Wildman–Crippen LogP) is 2.03. The number of aromatic nitrogens is 5. The molecule has 0 radical (unpaired) electrons. The lowest BCUT2D eigenvalue weighted by molar-refractivity contribution is -0.136. The Labute approximate surface area is 140 Å². The van der Waals surface area contributed by atoms with Gasteiger partial charge in [-0.25, -0.2) is 0 Å². The van der Waals surface area contributed by atoms with Gasteiger partial charge in [0.2, 0.25) is 0 Å². The quantitative estimate of drug-likeness (QED) is 0.782. The summed E-state index contributed by atoms with van der Waals surface area (Å²) >= 11 is 0. The Balaban J connectivity index is 1.86. The largest absolute Gasteiger partial charge is 0.420 e. The number of halogens is 3. The van der Waals surface area contributed by atoms with Gasteiger partial charge in [0.15, 0.2) is 11.5 Å². The molecule has 0 unspecified atom stereocenters. The van der Waals surface area contributed by atoms with Crippen molar-refractivity contribution < 1.29 is 18.0 Å². The number of carbonyl (C=O) groups excluding carboxylic acids is 1. The molecule has 0 aliphatic carbocycles. The maximum absolute atomic E-state index is 13.0. The highest BCUT2D eigenvalue weighted by Gasteiger charge is 2.34. The molecular formula is C15H15F3N6O. The molecular weight excluding hydrogens is 337 g/mol. The van der Waals surface area contributed by atoms with Crippen molar-refractivity contribution in [3.05, 3.63) is 46.7 Å². The Kier molecular flexibility index (Phi) is 3.97. The van der Waals surface area contributed by atoms with E-state index in [0.717, 1.165) is 6.07 Å². The van der Waals surface area contributed by atoms with Gasteiger partial charge in [-0.2, -0.15) is 18.3 Å². The molecule has 3 aromatic rings. The third kappa shape index (κ3) is 2.94. The van der Waals surface area contributed by atoms with E-state index in [1.807, 2.05) is 0 Å². The zero-order valence-corrected chi connectivity index (χ0v) is 13.7. The van der Waals surface area contributed by atoms with Crippen molar-refractivity contribution in [2.24, 2.45) is 7.05 Å². The number of hydrogen-bond donors (Lipinski definition) is 1. The molecule has 0 aromatic carbocycles. The number of rotatable bonds is 3. The number of hydrogen-bond acceptors (Lipinski definition) is 4. The predicted molar refractivity (Wildman–Crippen MR) is 81.8 cm³/mol. The van der Waals surface area contributed by atoms with Gasteiger partial charge in [-0.3, -0.25) is 13.9 Å². The van der Waals surface area contributed by atoms with Crippen LogP contribution in [-0.2, 0) is 19.8 Å². The summed E-state index contributed by atoms with van der Waals surface area (Å²) in [6.45, 7) is 3.41. The number of pyridine rings is 1. The summed E-state index contributed by atoms with van der Waals surface area (Å²) in [6, 6.07) is 2.20. The topological polar surface area (TPSA) is 77.1 Å². The second-order valence-electron chi connectivity index (χ2n) is 5.58. The number of carbonyl (C=O) groups is 1. The van der Waals surface area contributed by atoms with Gasteiger partial charge in [-0.1, -0.05) is 0 Å². The number of alkyl halides is 3. The van der Waals surface area contributed by atoms with Crippen LogP contribution in [0.15, 0.2) is 18.3 Å². The van der Waals surface area contributed by atoms with Crippen LogP contribution >= 0.6 is 0 Å². The van der Waals surface area contributed by atoms with E-state index in [1.165, 1.54) is 16.7 Å². The monoisotopic (exact) mass is 352 g/mol. The Bertz CT molecular complexity index is 956. The first kappa shape index (κ1) is 16.9. The highest BCUT2D eigenvalue weighted by atomic mass is 19.4. The van der Waals surface area contributed by atoms with Gasteiger partial charge in [-0.05, 0) is 26.0 Å². The van der Waals surface area contributed by atoms with Gasteiger partial charge in [0.25, 0.3) is 5.91 Å². The summed E-state index contributed by atoms with van der Waals surface area (Å²) in [6.07, 6.45) is -3.10. The fraction of sp³-hybridized carbons (Fsp3) is 0.333. The van der Waals surface area contributed by atoms with Crippen molar-refractivity contribution in [1.82, 2.24) is 29.7 Å². The van der Waals surface area contributed by atoms with Crippen LogP contribution in [-0.4, -0.2) is 30.3 Å². The standard InChI is InChI=1S/C15H15F3N6O/c1-8-12(9(2)23(3)22-8)14(25)19-7-11-20-21-13-10(15(16,17)18)5-4-6-24(11)13/h4-6H,7H2,1-3H3,(H,19,25). The highest BCUT2D eigenvalue weighted by Crippen LogP contribution is 2.31. The average molecular weight is 352 g/mol. The van der Waals surface area contributed by atoms with Gasteiger partial charge >= 0.3 is 6.18 Å². The van der Waals surface area contributed by atoms with E-state index in [4.69, 9.17) is 0 Å². The van der Waals surface area contributed by atoms with Crippen LogP contribution in [0.3, 0.4) is 0 Å². The van der Waals surface area contributed by atoms with Gasteiger partial charge < -0.3 is 5.32 Å². The van der Waals surface area contributed by atoms with Gasteiger partial charge in [-0.15, -0.1) is 10.2 Å². The van der Waals surface area contributed by atoms with E-state index in [9.17, 15) is 18.0 Å². The van der Waals surface area contributed by atoms with Crippen molar-refractivity contribution in [3.63, 3.8) is 0 Å². The first-order valence-electron chi connectivity index (χ1n) is 7.38. The lowest BCUT2D eigenvalue weighted by Crippen LogP contribution is -2.25. The minimum Gasteiger partial charge on any atom is -0.345 e. The molecule has 7 nitrogen and oxygen atoms in total. The summed E-state index contributed by atoms with van der Waals surface area (Å²) in [4.78, 5) is 12.4. The van der Waals surface area contributed by atoms with Crippen molar-refractivity contribution in [2.75, 3.05) is 0 Å². The zero-order chi connectivity index (χ0) is 18.4.